The lowest BCUT2D eigenvalue weighted by molar-refractivity contribution is 0.0369. The SMILES string of the molecule is COc1ccc(CN=C=O)cc1OC1CN(C)C1. The number of likely N-dealkylation sites (tertiary alicyclic amines) is 1. The average Bonchev–Trinajstić information content (AvgIpc) is 2.35. The van der Waals surface area contributed by atoms with Gasteiger partial charge in [-0.2, -0.15) is 0 Å². The molecule has 0 aliphatic carbocycles. The lowest BCUT2D eigenvalue weighted by Gasteiger charge is -2.36. The lowest BCUT2D eigenvalue weighted by Crippen LogP contribution is -2.51. The summed E-state index contributed by atoms with van der Waals surface area (Å²) in [4.78, 5) is 15.8. The van der Waals surface area contributed by atoms with Crippen LogP contribution in [0.3, 0.4) is 0 Å². The summed E-state index contributed by atoms with van der Waals surface area (Å²) in [6.07, 6.45) is 1.73. The second-order valence-corrected chi connectivity index (χ2v) is 4.35. The average molecular weight is 248 g/mol. The van der Waals surface area contributed by atoms with Gasteiger partial charge in [0.05, 0.1) is 13.7 Å². The van der Waals surface area contributed by atoms with Gasteiger partial charge in [-0.05, 0) is 24.7 Å². The van der Waals surface area contributed by atoms with Crippen LogP contribution < -0.4 is 9.47 Å². The summed E-state index contributed by atoms with van der Waals surface area (Å²) < 4.78 is 11.1. The van der Waals surface area contributed by atoms with Crippen LogP contribution >= 0.6 is 0 Å². The summed E-state index contributed by atoms with van der Waals surface area (Å²) in [5.74, 6) is 1.40. The Kier molecular flexibility index (Phi) is 3.97. The summed E-state index contributed by atoms with van der Waals surface area (Å²) in [5, 5.41) is 0. The molecule has 0 aromatic heterocycles. The second kappa shape index (κ2) is 5.67. The van der Waals surface area contributed by atoms with Crippen molar-refractivity contribution in [3.8, 4) is 11.5 Å². The van der Waals surface area contributed by atoms with Gasteiger partial charge < -0.3 is 9.47 Å². The minimum Gasteiger partial charge on any atom is -0.493 e. The summed E-state index contributed by atoms with van der Waals surface area (Å²) in [6.45, 7) is 2.15. The third-order valence-electron chi connectivity index (χ3n) is 2.88. The molecule has 1 aromatic carbocycles. The summed E-state index contributed by atoms with van der Waals surface area (Å²) >= 11 is 0. The molecule has 0 saturated carbocycles. The molecule has 2 rings (SSSR count). The van der Waals surface area contributed by atoms with Gasteiger partial charge >= 0.3 is 0 Å². The highest BCUT2D eigenvalue weighted by Crippen LogP contribution is 2.30. The number of hydrogen-bond donors (Lipinski definition) is 0. The van der Waals surface area contributed by atoms with Gasteiger partial charge in [0.1, 0.15) is 6.10 Å². The number of aliphatic imine (C=N–C) groups is 1. The first-order chi connectivity index (χ1) is 8.72. The molecule has 18 heavy (non-hydrogen) atoms. The molecular weight excluding hydrogens is 232 g/mol. The van der Waals surface area contributed by atoms with Crippen molar-refractivity contribution < 1.29 is 14.3 Å². The van der Waals surface area contributed by atoms with Crippen LogP contribution in [0.4, 0.5) is 0 Å². The molecule has 5 heteroatoms. The smallest absolute Gasteiger partial charge is 0.235 e. The second-order valence-electron chi connectivity index (χ2n) is 4.35. The van der Waals surface area contributed by atoms with Gasteiger partial charge in [-0.15, -0.1) is 0 Å². The lowest BCUT2D eigenvalue weighted by atomic mass is 10.1. The van der Waals surface area contributed by atoms with E-state index in [0.717, 1.165) is 18.7 Å². The summed E-state index contributed by atoms with van der Waals surface area (Å²) in [5.41, 5.74) is 0.904. The maximum absolute atomic E-state index is 10.1. The number of methoxy groups -OCH3 is 1. The third-order valence-corrected chi connectivity index (χ3v) is 2.88. The van der Waals surface area contributed by atoms with E-state index in [1.54, 1.807) is 7.11 Å². The van der Waals surface area contributed by atoms with E-state index in [1.807, 2.05) is 25.2 Å². The number of likely N-dealkylation sites (N-methyl/N-ethyl adjacent to an activating group) is 1. The molecule has 1 aromatic rings. The molecule has 5 nitrogen and oxygen atoms in total. The minimum absolute atomic E-state index is 0.203. The van der Waals surface area contributed by atoms with E-state index in [2.05, 4.69) is 9.89 Å². The number of nitrogens with zero attached hydrogens (tertiary/aromatic N) is 2. The van der Waals surface area contributed by atoms with Crippen LogP contribution in [0.5, 0.6) is 11.5 Å². The molecule has 0 bridgehead atoms. The fourth-order valence-electron chi connectivity index (χ4n) is 1.93. The highest BCUT2D eigenvalue weighted by atomic mass is 16.5. The van der Waals surface area contributed by atoms with Crippen molar-refractivity contribution in [3.05, 3.63) is 23.8 Å². The number of rotatable bonds is 5. The zero-order valence-electron chi connectivity index (χ0n) is 10.5. The van der Waals surface area contributed by atoms with Crippen LogP contribution in [0.25, 0.3) is 0 Å². The first-order valence-corrected chi connectivity index (χ1v) is 5.78. The molecular formula is C13H16N2O3. The molecule has 0 spiro atoms. The van der Waals surface area contributed by atoms with Crippen LogP contribution in [0.2, 0.25) is 0 Å². The molecule has 0 unspecified atom stereocenters. The van der Waals surface area contributed by atoms with Gasteiger partial charge in [0.15, 0.2) is 11.5 Å². The van der Waals surface area contributed by atoms with E-state index in [4.69, 9.17) is 9.47 Å². The van der Waals surface area contributed by atoms with E-state index in [0.29, 0.717) is 18.0 Å². The molecule has 0 radical (unpaired) electrons. The standard InChI is InChI=1S/C13H16N2O3/c1-15-7-11(8-15)18-13-5-10(6-14-9-16)3-4-12(13)17-2/h3-5,11H,6-8H2,1-2H3. The minimum atomic E-state index is 0.203. The molecule has 0 N–H and O–H groups in total. The van der Waals surface area contributed by atoms with Crippen molar-refractivity contribution in [2.24, 2.45) is 4.99 Å². The monoisotopic (exact) mass is 248 g/mol. The topological polar surface area (TPSA) is 51.1 Å². The Morgan fingerprint density at radius 1 is 1.44 bits per heavy atom. The largest absolute Gasteiger partial charge is 0.493 e. The summed E-state index contributed by atoms with van der Waals surface area (Å²) in [6, 6.07) is 5.55. The quantitative estimate of drug-likeness (QED) is 0.581. The molecule has 1 fully saturated rings. The Hall–Kier alpha value is -1.84. The summed E-state index contributed by atoms with van der Waals surface area (Å²) in [7, 11) is 3.66. The van der Waals surface area contributed by atoms with Crippen LogP contribution in [0, 0.1) is 0 Å². The Morgan fingerprint density at radius 3 is 2.83 bits per heavy atom. The van der Waals surface area contributed by atoms with Gasteiger partial charge in [-0.1, -0.05) is 6.07 Å². The van der Waals surface area contributed by atoms with Crippen LogP contribution in [-0.2, 0) is 11.3 Å². The number of ether oxygens (including phenoxy) is 2. The number of benzene rings is 1. The first kappa shape index (κ1) is 12.6. The van der Waals surface area contributed by atoms with E-state index in [-0.39, 0.29) is 6.10 Å². The highest BCUT2D eigenvalue weighted by Gasteiger charge is 2.25. The molecule has 1 aliphatic heterocycles. The molecule has 0 amide bonds. The van der Waals surface area contributed by atoms with Crippen LogP contribution in [0.15, 0.2) is 23.2 Å². The Labute approximate surface area is 106 Å². The normalized spacial score (nSPS) is 15.7. The Balaban J connectivity index is 2.11. The molecule has 96 valence electrons. The first-order valence-electron chi connectivity index (χ1n) is 5.78. The fourth-order valence-corrected chi connectivity index (χ4v) is 1.93. The van der Waals surface area contributed by atoms with Gasteiger partial charge in [-0.3, -0.25) is 4.90 Å². The van der Waals surface area contributed by atoms with Gasteiger partial charge in [-0.25, -0.2) is 9.79 Å². The van der Waals surface area contributed by atoms with Crippen molar-refractivity contribution >= 4 is 6.08 Å². The zero-order valence-corrected chi connectivity index (χ0v) is 10.5. The highest BCUT2D eigenvalue weighted by molar-refractivity contribution is 5.44. The van der Waals surface area contributed by atoms with Crippen molar-refractivity contribution in [2.45, 2.75) is 12.6 Å². The maximum atomic E-state index is 10.1. The van der Waals surface area contributed by atoms with Gasteiger partial charge in [0.25, 0.3) is 0 Å². The fraction of sp³-hybridized carbons (Fsp3) is 0.462. The van der Waals surface area contributed by atoms with E-state index in [1.165, 1.54) is 6.08 Å². The number of hydrogen-bond acceptors (Lipinski definition) is 5. The molecule has 1 aliphatic rings. The van der Waals surface area contributed by atoms with Gasteiger partial charge in [0.2, 0.25) is 6.08 Å². The van der Waals surface area contributed by atoms with E-state index < -0.39 is 0 Å². The maximum Gasteiger partial charge on any atom is 0.235 e. The predicted molar refractivity (Wildman–Crippen MR) is 66.7 cm³/mol. The molecule has 1 saturated heterocycles. The zero-order chi connectivity index (χ0) is 13.0. The third kappa shape index (κ3) is 2.88. The van der Waals surface area contributed by atoms with Crippen molar-refractivity contribution in [1.82, 2.24) is 4.90 Å². The van der Waals surface area contributed by atoms with Crippen LogP contribution in [0.1, 0.15) is 5.56 Å². The van der Waals surface area contributed by atoms with Crippen molar-refractivity contribution in [3.63, 3.8) is 0 Å². The molecule has 1 heterocycles. The van der Waals surface area contributed by atoms with Crippen molar-refractivity contribution in [1.29, 1.82) is 0 Å². The van der Waals surface area contributed by atoms with E-state index in [9.17, 15) is 4.79 Å². The van der Waals surface area contributed by atoms with Gasteiger partial charge in [0, 0.05) is 13.1 Å². The predicted octanol–water partition coefficient (Wildman–Crippen LogP) is 1.22. The number of carbonyl (C=O) groups excluding carboxylic acids is 1. The molecule has 0 atom stereocenters. The van der Waals surface area contributed by atoms with E-state index >= 15 is 0 Å². The number of isocyanates is 1. The van der Waals surface area contributed by atoms with Crippen molar-refractivity contribution in [2.75, 3.05) is 27.2 Å². The Morgan fingerprint density at radius 2 is 2.22 bits per heavy atom. The Bertz CT molecular complexity index is 463. The van der Waals surface area contributed by atoms with Crippen LogP contribution in [-0.4, -0.2) is 44.3 Å².